The lowest BCUT2D eigenvalue weighted by molar-refractivity contribution is -0.184. The van der Waals surface area contributed by atoms with Crippen LogP contribution in [-0.2, 0) is 19.1 Å². The number of nitrogens with zero attached hydrogens (tertiary/aromatic N) is 2. The largest absolute Gasteiger partial charge is 0.353 e. The van der Waals surface area contributed by atoms with Crippen LogP contribution in [0.5, 0.6) is 0 Å². The molecular formula is C11H18N2O4. The van der Waals surface area contributed by atoms with E-state index in [4.69, 9.17) is 9.47 Å². The van der Waals surface area contributed by atoms with Gasteiger partial charge in [-0.2, -0.15) is 0 Å². The van der Waals surface area contributed by atoms with Gasteiger partial charge in [0.1, 0.15) is 0 Å². The van der Waals surface area contributed by atoms with Crippen LogP contribution in [0.1, 0.15) is 12.8 Å². The molecule has 2 amide bonds. The number of amides is 2. The van der Waals surface area contributed by atoms with Crippen molar-refractivity contribution in [1.82, 2.24) is 9.80 Å². The molecule has 0 atom stereocenters. The minimum absolute atomic E-state index is 0.230. The molecule has 0 aromatic heterocycles. The number of hydrogen-bond acceptors (Lipinski definition) is 4. The Hall–Kier alpha value is -1.14. The van der Waals surface area contributed by atoms with Gasteiger partial charge in [-0.1, -0.05) is 0 Å². The molecule has 0 radical (unpaired) electrons. The first kappa shape index (κ1) is 12.3. The Morgan fingerprint density at radius 2 is 1.88 bits per heavy atom. The molecule has 0 aromatic rings. The maximum absolute atomic E-state index is 11.7. The van der Waals surface area contributed by atoms with Crippen LogP contribution in [0.15, 0.2) is 0 Å². The maximum Gasteiger partial charge on any atom is 0.312 e. The average Bonchev–Trinajstić information content (AvgIpc) is 2.36. The molecule has 0 aliphatic carbocycles. The lowest BCUT2D eigenvalue weighted by Gasteiger charge is -2.32. The van der Waals surface area contributed by atoms with E-state index in [-0.39, 0.29) is 6.29 Å². The van der Waals surface area contributed by atoms with Crippen molar-refractivity contribution in [2.24, 2.45) is 0 Å². The fourth-order valence-electron chi connectivity index (χ4n) is 1.95. The van der Waals surface area contributed by atoms with Crippen LogP contribution in [0.4, 0.5) is 0 Å². The number of hydrogen-bond donors (Lipinski definition) is 0. The molecule has 96 valence electrons. The van der Waals surface area contributed by atoms with E-state index < -0.39 is 11.8 Å². The Labute approximate surface area is 100 Å². The summed E-state index contributed by atoms with van der Waals surface area (Å²) in [5.41, 5.74) is 0. The third kappa shape index (κ3) is 2.95. The quantitative estimate of drug-likeness (QED) is 0.622. The summed E-state index contributed by atoms with van der Waals surface area (Å²) in [6, 6.07) is 0. The second-order valence-electron chi connectivity index (χ2n) is 4.33. The molecule has 6 nitrogen and oxygen atoms in total. The Morgan fingerprint density at radius 3 is 2.59 bits per heavy atom. The van der Waals surface area contributed by atoms with E-state index in [0.717, 1.165) is 6.42 Å². The fraction of sp³-hybridized carbons (Fsp3) is 0.818. The first-order valence-corrected chi connectivity index (χ1v) is 5.96. The van der Waals surface area contributed by atoms with E-state index in [9.17, 15) is 9.59 Å². The van der Waals surface area contributed by atoms with Gasteiger partial charge < -0.3 is 19.3 Å². The van der Waals surface area contributed by atoms with Crippen molar-refractivity contribution in [3.05, 3.63) is 0 Å². The molecule has 0 unspecified atom stereocenters. The highest BCUT2D eigenvalue weighted by atomic mass is 16.7. The van der Waals surface area contributed by atoms with E-state index in [2.05, 4.69) is 0 Å². The van der Waals surface area contributed by atoms with Crippen molar-refractivity contribution >= 4 is 11.8 Å². The number of ether oxygens (including phenoxy) is 2. The van der Waals surface area contributed by atoms with Crippen LogP contribution in [0, 0.1) is 0 Å². The lowest BCUT2D eigenvalue weighted by Crippen LogP contribution is -2.53. The zero-order valence-corrected chi connectivity index (χ0v) is 10.1. The van der Waals surface area contributed by atoms with E-state index >= 15 is 0 Å². The normalized spacial score (nSPS) is 23.4. The number of carbonyl (C=O) groups excluding carboxylic acids is 2. The Balaban J connectivity index is 1.78. The highest BCUT2D eigenvalue weighted by molar-refractivity contribution is 6.35. The predicted molar refractivity (Wildman–Crippen MR) is 59.1 cm³/mol. The summed E-state index contributed by atoms with van der Waals surface area (Å²) in [6.07, 6.45) is 1.32. The summed E-state index contributed by atoms with van der Waals surface area (Å²) in [7, 11) is 1.64. The van der Waals surface area contributed by atoms with Gasteiger partial charge in [-0.3, -0.25) is 9.59 Å². The molecule has 2 fully saturated rings. The van der Waals surface area contributed by atoms with Gasteiger partial charge in [0, 0.05) is 33.1 Å². The Morgan fingerprint density at radius 1 is 1.18 bits per heavy atom. The van der Waals surface area contributed by atoms with Crippen molar-refractivity contribution in [1.29, 1.82) is 0 Å². The van der Waals surface area contributed by atoms with Gasteiger partial charge in [0.2, 0.25) is 0 Å². The summed E-state index contributed by atoms with van der Waals surface area (Å²) in [4.78, 5) is 26.1. The average molecular weight is 242 g/mol. The van der Waals surface area contributed by atoms with Crippen LogP contribution >= 0.6 is 0 Å². The molecule has 0 N–H and O–H groups in total. The summed E-state index contributed by atoms with van der Waals surface area (Å²) in [5, 5.41) is 0. The molecule has 2 saturated heterocycles. The fourth-order valence-corrected chi connectivity index (χ4v) is 1.95. The highest BCUT2D eigenvalue weighted by Gasteiger charge is 2.30. The minimum atomic E-state index is -0.429. The van der Waals surface area contributed by atoms with Gasteiger partial charge >= 0.3 is 11.8 Å². The van der Waals surface area contributed by atoms with E-state index in [1.165, 1.54) is 4.90 Å². The molecule has 0 spiro atoms. The van der Waals surface area contributed by atoms with Crippen molar-refractivity contribution in [3.8, 4) is 0 Å². The summed E-state index contributed by atoms with van der Waals surface area (Å²) in [5.74, 6) is -0.851. The monoisotopic (exact) mass is 242 g/mol. The predicted octanol–water partition coefficient (Wildman–Crippen LogP) is -0.560. The van der Waals surface area contributed by atoms with Crippen LogP contribution in [-0.4, -0.2) is 67.8 Å². The van der Waals surface area contributed by atoms with Crippen molar-refractivity contribution in [2.75, 3.05) is 39.9 Å². The van der Waals surface area contributed by atoms with Crippen molar-refractivity contribution < 1.29 is 19.1 Å². The Kier molecular flexibility index (Phi) is 3.96. The van der Waals surface area contributed by atoms with Crippen LogP contribution in [0.25, 0.3) is 0 Å². The first-order valence-electron chi connectivity index (χ1n) is 5.96. The van der Waals surface area contributed by atoms with Gasteiger partial charge in [-0.05, 0) is 6.42 Å². The second kappa shape index (κ2) is 5.46. The van der Waals surface area contributed by atoms with Crippen LogP contribution in [0.3, 0.4) is 0 Å². The van der Waals surface area contributed by atoms with Gasteiger partial charge in [-0.25, -0.2) is 0 Å². The first-order chi connectivity index (χ1) is 8.18. The number of carbonyl (C=O) groups is 2. The number of rotatable bonds is 3. The molecule has 2 aliphatic rings. The zero-order chi connectivity index (χ0) is 12.3. The molecule has 6 heteroatoms. The zero-order valence-electron chi connectivity index (χ0n) is 10.1. The summed E-state index contributed by atoms with van der Waals surface area (Å²) < 4.78 is 10.8. The molecule has 0 bridgehead atoms. The third-order valence-electron chi connectivity index (χ3n) is 3.05. The Bertz CT molecular complexity index is 302. The lowest BCUT2D eigenvalue weighted by atomic mass is 10.2. The van der Waals surface area contributed by atoms with Gasteiger partial charge in [0.25, 0.3) is 0 Å². The van der Waals surface area contributed by atoms with E-state index in [1.54, 1.807) is 11.9 Å². The summed E-state index contributed by atoms with van der Waals surface area (Å²) in [6.45, 7) is 3.12. The smallest absolute Gasteiger partial charge is 0.312 e. The van der Waals surface area contributed by atoms with Gasteiger partial charge in [-0.15, -0.1) is 0 Å². The number of likely N-dealkylation sites (N-methyl/N-ethyl adjacent to an activating group) is 1. The van der Waals surface area contributed by atoms with Crippen LogP contribution < -0.4 is 0 Å². The molecule has 0 saturated carbocycles. The molecule has 0 aromatic carbocycles. The number of piperazine rings is 1. The van der Waals surface area contributed by atoms with E-state index in [0.29, 0.717) is 39.3 Å². The molecule has 17 heavy (non-hydrogen) atoms. The second-order valence-corrected chi connectivity index (χ2v) is 4.33. The maximum atomic E-state index is 11.7. The van der Waals surface area contributed by atoms with Crippen LogP contribution in [0.2, 0.25) is 0 Å². The minimum Gasteiger partial charge on any atom is -0.353 e. The third-order valence-corrected chi connectivity index (χ3v) is 3.05. The summed E-state index contributed by atoms with van der Waals surface area (Å²) >= 11 is 0. The SMILES string of the molecule is CN1CCN(CCC2OCCCO2)C(=O)C1=O. The van der Waals surface area contributed by atoms with Crippen molar-refractivity contribution in [3.63, 3.8) is 0 Å². The molecule has 2 heterocycles. The highest BCUT2D eigenvalue weighted by Crippen LogP contribution is 2.11. The standard InChI is InChI=1S/C11H18N2O4/c1-12-5-6-13(11(15)10(12)14)4-3-9-16-7-2-8-17-9/h9H,2-8H2,1H3. The molecule has 2 aliphatic heterocycles. The van der Waals surface area contributed by atoms with Crippen molar-refractivity contribution in [2.45, 2.75) is 19.1 Å². The topological polar surface area (TPSA) is 59.1 Å². The molecular weight excluding hydrogens is 224 g/mol. The van der Waals surface area contributed by atoms with Gasteiger partial charge in [0.15, 0.2) is 6.29 Å². The molecule has 2 rings (SSSR count). The van der Waals surface area contributed by atoms with Gasteiger partial charge in [0.05, 0.1) is 13.2 Å². The van der Waals surface area contributed by atoms with E-state index in [1.807, 2.05) is 0 Å².